The third kappa shape index (κ3) is 5.34. The maximum absolute atomic E-state index is 12.1. The first-order valence-corrected chi connectivity index (χ1v) is 9.54. The largest absolute Gasteiger partial charge is 0.497 e. The van der Waals surface area contributed by atoms with Gasteiger partial charge in [-0.2, -0.15) is 5.10 Å². The lowest BCUT2D eigenvalue weighted by molar-refractivity contribution is -0.385. The molecule has 1 heterocycles. The molecule has 0 unspecified atom stereocenters. The van der Waals surface area contributed by atoms with Crippen LogP contribution >= 0.6 is 0 Å². The van der Waals surface area contributed by atoms with E-state index in [-0.39, 0.29) is 17.1 Å². The van der Waals surface area contributed by atoms with Gasteiger partial charge in [0.2, 0.25) is 0 Å². The number of hydrogen-bond donors (Lipinski definition) is 2. The fraction of sp³-hybridized carbons (Fsp3) is 0.136. The van der Waals surface area contributed by atoms with Crippen molar-refractivity contribution < 1.29 is 28.4 Å². The van der Waals surface area contributed by atoms with Crippen LogP contribution in [0.1, 0.15) is 11.3 Å². The number of nitrogens with zero attached hydrogens (tertiary/aromatic N) is 2. The Bertz CT molecular complexity index is 1230. The Morgan fingerprint density at radius 1 is 1.09 bits per heavy atom. The van der Waals surface area contributed by atoms with Crippen LogP contribution in [0.3, 0.4) is 0 Å². The number of hydrogen-bond acceptors (Lipinski definition) is 8. The van der Waals surface area contributed by atoms with Gasteiger partial charge in [0.1, 0.15) is 23.0 Å². The molecule has 2 aromatic carbocycles. The van der Waals surface area contributed by atoms with Crippen LogP contribution in [0, 0.1) is 17.0 Å². The summed E-state index contributed by atoms with van der Waals surface area (Å²) < 4.78 is 15.9. The fourth-order valence-electron chi connectivity index (χ4n) is 2.94. The Balaban J connectivity index is 1.64. The number of nitrogens with one attached hydrogen (secondary N) is 2. The average molecular weight is 452 g/mol. The molecule has 0 saturated heterocycles. The number of methoxy groups -OCH3 is 2. The summed E-state index contributed by atoms with van der Waals surface area (Å²) in [5.74, 6) is -0.453. The average Bonchev–Trinajstić information content (AvgIpc) is 3.27. The highest BCUT2D eigenvalue weighted by Gasteiger charge is 2.17. The Morgan fingerprint density at radius 3 is 2.58 bits per heavy atom. The van der Waals surface area contributed by atoms with Crippen LogP contribution in [-0.4, -0.2) is 37.2 Å². The molecule has 2 N–H and O–H groups in total. The zero-order valence-corrected chi connectivity index (χ0v) is 17.9. The SMILES string of the molecule is COc1ccc(NC(=O)C(=O)N/N=C/c2ccc(-c3cccc([N+](=O)[O-])c3C)o2)c(OC)c1. The van der Waals surface area contributed by atoms with E-state index in [9.17, 15) is 19.7 Å². The molecule has 0 fully saturated rings. The van der Waals surface area contributed by atoms with Gasteiger partial charge in [0.05, 0.1) is 31.0 Å². The Kier molecular flexibility index (Phi) is 7.03. The van der Waals surface area contributed by atoms with Crippen LogP contribution in [-0.2, 0) is 9.59 Å². The molecule has 3 aromatic rings. The highest BCUT2D eigenvalue weighted by Crippen LogP contribution is 2.31. The van der Waals surface area contributed by atoms with E-state index in [0.717, 1.165) is 0 Å². The molecule has 0 bridgehead atoms. The monoisotopic (exact) mass is 452 g/mol. The van der Waals surface area contributed by atoms with Gasteiger partial charge >= 0.3 is 11.8 Å². The number of anilines is 1. The minimum Gasteiger partial charge on any atom is -0.497 e. The van der Waals surface area contributed by atoms with Crippen molar-refractivity contribution in [2.24, 2.45) is 5.10 Å². The molecule has 170 valence electrons. The standard InChI is InChI=1S/C22H20N4O7/c1-13-16(5-4-6-18(13)26(29)30)19-10-8-15(33-19)12-23-25-22(28)21(27)24-17-9-7-14(31-2)11-20(17)32-3/h4-12H,1-3H3,(H,24,27)(H,25,28)/b23-12+. The molecule has 0 radical (unpaired) electrons. The van der Waals surface area contributed by atoms with E-state index in [0.29, 0.717) is 28.4 Å². The van der Waals surface area contributed by atoms with Gasteiger partial charge in [-0.05, 0) is 31.2 Å². The second-order valence-electron chi connectivity index (χ2n) is 6.63. The van der Waals surface area contributed by atoms with Gasteiger partial charge in [-0.3, -0.25) is 19.7 Å². The molecule has 0 aliphatic rings. The number of hydrazone groups is 1. The molecule has 0 saturated carbocycles. The van der Waals surface area contributed by atoms with Crippen molar-refractivity contribution in [2.75, 3.05) is 19.5 Å². The topological polar surface area (TPSA) is 145 Å². The normalized spacial score (nSPS) is 10.6. The summed E-state index contributed by atoms with van der Waals surface area (Å²) in [5.41, 5.74) is 3.37. The summed E-state index contributed by atoms with van der Waals surface area (Å²) in [4.78, 5) is 34.8. The molecular weight excluding hydrogens is 432 g/mol. The van der Waals surface area contributed by atoms with Crippen molar-refractivity contribution >= 4 is 29.4 Å². The number of nitro benzene ring substituents is 1. The first-order valence-electron chi connectivity index (χ1n) is 9.54. The molecule has 33 heavy (non-hydrogen) atoms. The third-order valence-corrected chi connectivity index (χ3v) is 4.62. The lowest BCUT2D eigenvalue weighted by atomic mass is 10.1. The minimum absolute atomic E-state index is 0.0223. The van der Waals surface area contributed by atoms with E-state index in [1.54, 1.807) is 43.3 Å². The first-order chi connectivity index (χ1) is 15.8. The van der Waals surface area contributed by atoms with Crippen LogP contribution in [0.4, 0.5) is 11.4 Å². The molecule has 11 nitrogen and oxygen atoms in total. The Hall–Kier alpha value is -4.67. The highest BCUT2D eigenvalue weighted by molar-refractivity contribution is 6.39. The van der Waals surface area contributed by atoms with Crippen LogP contribution in [0.25, 0.3) is 11.3 Å². The van der Waals surface area contributed by atoms with E-state index in [2.05, 4.69) is 15.8 Å². The third-order valence-electron chi connectivity index (χ3n) is 4.62. The van der Waals surface area contributed by atoms with Gasteiger partial charge in [-0.15, -0.1) is 0 Å². The molecule has 0 atom stereocenters. The summed E-state index contributed by atoms with van der Waals surface area (Å²) in [6.45, 7) is 1.63. The second kappa shape index (κ2) is 10.1. The molecule has 1 aromatic heterocycles. The molecule has 0 aliphatic heterocycles. The van der Waals surface area contributed by atoms with Crippen molar-refractivity contribution in [3.05, 3.63) is 70.0 Å². The molecule has 0 spiro atoms. The number of carbonyl (C=O) groups excluding carboxylic acids is 2. The Labute approximate surface area is 188 Å². The van der Waals surface area contributed by atoms with Crippen molar-refractivity contribution in [2.45, 2.75) is 6.92 Å². The number of ether oxygens (including phenoxy) is 2. The van der Waals surface area contributed by atoms with Crippen molar-refractivity contribution in [1.29, 1.82) is 0 Å². The van der Waals surface area contributed by atoms with Gasteiger partial charge in [-0.1, -0.05) is 12.1 Å². The summed E-state index contributed by atoms with van der Waals surface area (Å²) in [6.07, 6.45) is 1.20. The summed E-state index contributed by atoms with van der Waals surface area (Å²) in [6, 6.07) is 12.6. The fourth-order valence-corrected chi connectivity index (χ4v) is 2.94. The number of rotatable bonds is 7. The van der Waals surface area contributed by atoms with E-state index >= 15 is 0 Å². The summed E-state index contributed by atoms with van der Waals surface area (Å²) in [5, 5.41) is 17.3. The van der Waals surface area contributed by atoms with Crippen LogP contribution < -0.4 is 20.2 Å². The van der Waals surface area contributed by atoms with Crippen LogP contribution in [0.2, 0.25) is 0 Å². The molecule has 2 amide bonds. The predicted molar refractivity (Wildman–Crippen MR) is 119 cm³/mol. The molecule has 11 heteroatoms. The number of nitro groups is 1. The van der Waals surface area contributed by atoms with Gasteiger partial charge in [-0.25, -0.2) is 5.43 Å². The van der Waals surface area contributed by atoms with Crippen LogP contribution in [0.15, 0.2) is 58.0 Å². The maximum atomic E-state index is 12.1. The zero-order chi connectivity index (χ0) is 24.0. The van der Waals surface area contributed by atoms with E-state index in [1.165, 1.54) is 32.6 Å². The van der Waals surface area contributed by atoms with E-state index in [1.807, 2.05) is 0 Å². The number of furan rings is 1. The summed E-state index contributed by atoms with van der Waals surface area (Å²) in [7, 11) is 2.91. The Morgan fingerprint density at radius 2 is 1.88 bits per heavy atom. The minimum atomic E-state index is -1.01. The number of amides is 2. The van der Waals surface area contributed by atoms with Gasteiger partial charge < -0.3 is 19.2 Å². The molecule has 0 aliphatic carbocycles. The lowest BCUT2D eigenvalue weighted by Crippen LogP contribution is -2.32. The number of benzene rings is 2. The predicted octanol–water partition coefficient (Wildman–Crippen LogP) is 3.27. The molecule has 3 rings (SSSR count). The van der Waals surface area contributed by atoms with E-state index in [4.69, 9.17) is 13.9 Å². The number of carbonyl (C=O) groups is 2. The highest BCUT2D eigenvalue weighted by atomic mass is 16.6. The van der Waals surface area contributed by atoms with Crippen molar-refractivity contribution in [1.82, 2.24) is 5.43 Å². The second-order valence-corrected chi connectivity index (χ2v) is 6.63. The first kappa shape index (κ1) is 23.0. The zero-order valence-electron chi connectivity index (χ0n) is 17.9. The van der Waals surface area contributed by atoms with Gasteiger partial charge in [0.25, 0.3) is 5.69 Å². The smallest absolute Gasteiger partial charge is 0.329 e. The quantitative estimate of drug-likeness (QED) is 0.242. The van der Waals surface area contributed by atoms with Gasteiger partial charge in [0, 0.05) is 23.3 Å². The summed E-state index contributed by atoms with van der Waals surface area (Å²) >= 11 is 0. The maximum Gasteiger partial charge on any atom is 0.329 e. The van der Waals surface area contributed by atoms with Crippen molar-refractivity contribution in [3.8, 4) is 22.8 Å². The molecular formula is C22H20N4O7. The van der Waals surface area contributed by atoms with Crippen molar-refractivity contribution in [3.63, 3.8) is 0 Å². The van der Waals surface area contributed by atoms with Gasteiger partial charge in [0.15, 0.2) is 0 Å². The lowest BCUT2D eigenvalue weighted by Gasteiger charge is -2.10. The van der Waals surface area contributed by atoms with E-state index < -0.39 is 16.7 Å². The van der Waals surface area contributed by atoms with Crippen LogP contribution in [0.5, 0.6) is 11.5 Å².